The highest BCUT2D eigenvalue weighted by molar-refractivity contribution is 9.09. The molecule has 0 saturated heterocycles. The van der Waals surface area contributed by atoms with Crippen LogP contribution in [0.4, 0.5) is 0 Å². The molecule has 0 heterocycles. The van der Waals surface area contributed by atoms with E-state index in [1.165, 1.54) is 11.1 Å². The van der Waals surface area contributed by atoms with Crippen molar-refractivity contribution in [1.82, 2.24) is 0 Å². The van der Waals surface area contributed by atoms with Gasteiger partial charge < -0.3 is 0 Å². The van der Waals surface area contributed by atoms with E-state index >= 15 is 0 Å². The highest BCUT2D eigenvalue weighted by atomic mass is 79.9. The summed E-state index contributed by atoms with van der Waals surface area (Å²) in [4.78, 5) is 11.2. The summed E-state index contributed by atoms with van der Waals surface area (Å²) in [6.45, 7) is 0. The van der Waals surface area contributed by atoms with Gasteiger partial charge in [0, 0.05) is 5.56 Å². The second-order valence-electron chi connectivity index (χ2n) is 5.13. The zero-order valence-electron chi connectivity index (χ0n) is 11.5. The fourth-order valence-corrected chi connectivity index (χ4v) is 3.29. The molecule has 0 aliphatic heterocycles. The molecule has 104 valence electrons. The van der Waals surface area contributed by atoms with E-state index in [1.54, 1.807) is 0 Å². The van der Waals surface area contributed by atoms with Gasteiger partial charge in [-0.3, -0.25) is 4.79 Å². The van der Waals surface area contributed by atoms with Crippen molar-refractivity contribution < 1.29 is 4.79 Å². The summed E-state index contributed by atoms with van der Waals surface area (Å²) >= 11 is 3.81. The lowest BCUT2D eigenvalue weighted by molar-refractivity contribution is 0.112. The quantitative estimate of drug-likeness (QED) is 0.559. The average Bonchev–Trinajstić information content (AvgIpc) is 2.56. The van der Waals surface area contributed by atoms with Crippen molar-refractivity contribution in [3.63, 3.8) is 0 Å². The van der Waals surface area contributed by atoms with E-state index in [4.69, 9.17) is 0 Å². The van der Waals surface area contributed by atoms with Gasteiger partial charge >= 0.3 is 0 Å². The van der Waals surface area contributed by atoms with Gasteiger partial charge in [0.25, 0.3) is 0 Å². The lowest BCUT2D eigenvalue weighted by Gasteiger charge is -2.28. The molecular formula is C19H15BrO. The Hall–Kier alpha value is -1.93. The van der Waals surface area contributed by atoms with Crippen LogP contribution in [0.15, 0.2) is 72.8 Å². The third-order valence-corrected chi connectivity index (χ3v) is 4.80. The largest absolute Gasteiger partial charge is 0.298 e. The Morgan fingerprint density at radius 3 is 2.38 bits per heavy atom. The standard InChI is InChI=1S/C19H15BrO/c20-19(18-9-5-4-8-17(18)14-21)12-10-16(11-13-19)15-6-2-1-3-7-15/h1-12,14H,13H2. The highest BCUT2D eigenvalue weighted by Crippen LogP contribution is 2.42. The summed E-state index contributed by atoms with van der Waals surface area (Å²) in [5, 5.41) is 0. The summed E-state index contributed by atoms with van der Waals surface area (Å²) in [5.74, 6) is 0. The van der Waals surface area contributed by atoms with Crippen LogP contribution in [0.5, 0.6) is 0 Å². The summed E-state index contributed by atoms with van der Waals surface area (Å²) in [7, 11) is 0. The van der Waals surface area contributed by atoms with Gasteiger partial charge in [-0.2, -0.15) is 0 Å². The Balaban J connectivity index is 1.93. The van der Waals surface area contributed by atoms with Crippen molar-refractivity contribution in [2.24, 2.45) is 0 Å². The molecule has 2 aromatic rings. The summed E-state index contributed by atoms with van der Waals surface area (Å²) in [6, 6.07) is 18.0. The van der Waals surface area contributed by atoms with Crippen molar-refractivity contribution >= 4 is 27.8 Å². The number of alkyl halides is 1. The van der Waals surface area contributed by atoms with E-state index in [1.807, 2.05) is 42.5 Å². The summed E-state index contributed by atoms with van der Waals surface area (Å²) in [6.07, 6.45) is 8.21. The number of hydrogen-bond acceptors (Lipinski definition) is 1. The van der Waals surface area contributed by atoms with Crippen molar-refractivity contribution in [2.45, 2.75) is 10.7 Å². The van der Waals surface area contributed by atoms with Crippen LogP contribution in [0.2, 0.25) is 0 Å². The Kier molecular flexibility index (Phi) is 3.89. The maximum atomic E-state index is 11.2. The van der Waals surface area contributed by atoms with Crippen molar-refractivity contribution in [3.8, 4) is 0 Å². The summed E-state index contributed by atoms with van der Waals surface area (Å²) in [5.41, 5.74) is 4.18. The highest BCUT2D eigenvalue weighted by Gasteiger charge is 2.29. The molecule has 21 heavy (non-hydrogen) atoms. The monoisotopic (exact) mass is 338 g/mol. The molecule has 1 nitrogen and oxygen atoms in total. The molecule has 0 spiro atoms. The molecule has 1 aliphatic carbocycles. The van der Waals surface area contributed by atoms with Crippen LogP contribution < -0.4 is 0 Å². The number of hydrogen-bond donors (Lipinski definition) is 0. The van der Waals surface area contributed by atoms with Crippen LogP contribution >= 0.6 is 15.9 Å². The maximum absolute atomic E-state index is 11.2. The van der Waals surface area contributed by atoms with E-state index in [2.05, 4.69) is 46.3 Å². The predicted octanol–water partition coefficient (Wildman–Crippen LogP) is 5.13. The van der Waals surface area contributed by atoms with E-state index < -0.39 is 0 Å². The van der Waals surface area contributed by atoms with E-state index in [9.17, 15) is 4.79 Å². The minimum Gasteiger partial charge on any atom is -0.298 e. The van der Waals surface area contributed by atoms with Gasteiger partial charge in [0.05, 0.1) is 4.32 Å². The van der Waals surface area contributed by atoms with Crippen LogP contribution in [0.3, 0.4) is 0 Å². The molecule has 0 fully saturated rings. The molecule has 1 aliphatic rings. The number of carbonyl (C=O) groups excluding carboxylic acids is 1. The number of carbonyl (C=O) groups is 1. The fourth-order valence-electron chi connectivity index (χ4n) is 2.64. The molecular weight excluding hydrogens is 324 g/mol. The first kappa shape index (κ1) is 14.0. The van der Waals surface area contributed by atoms with Crippen molar-refractivity contribution in [2.75, 3.05) is 0 Å². The number of benzene rings is 2. The van der Waals surface area contributed by atoms with Gasteiger partial charge in [-0.25, -0.2) is 0 Å². The third-order valence-electron chi connectivity index (χ3n) is 3.79. The minimum absolute atomic E-state index is 0.303. The van der Waals surface area contributed by atoms with Crippen molar-refractivity contribution in [1.29, 1.82) is 0 Å². The molecule has 3 rings (SSSR count). The van der Waals surface area contributed by atoms with E-state index in [0.29, 0.717) is 0 Å². The Bertz CT molecular complexity index is 715. The minimum atomic E-state index is -0.303. The zero-order valence-corrected chi connectivity index (χ0v) is 13.1. The molecule has 0 amide bonds. The van der Waals surface area contributed by atoms with Gasteiger partial charge in [0.15, 0.2) is 0 Å². The molecule has 1 unspecified atom stereocenters. The number of aldehydes is 1. The number of rotatable bonds is 3. The van der Waals surface area contributed by atoms with Gasteiger partial charge in [-0.1, -0.05) is 88.8 Å². The number of halogens is 1. The third kappa shape index (κ3) is 2.77. The van der Waals surface area contributed by atoms with Crippen LogP contribution in [-0.4, -0.2) is 6.29 Å². The maximum Gasteiger partial charge on any atom is 0.150 e. The van der Waals surface area contributed by atoms with Gasteiger partial charge in [-0.05, 0) is 23.1 Å². The molecule has 0 bridgehead atoms. The first-order chi connectivity index (χ1) is 10.2. The molecule has 0 N–H and O–H groups in total. The SMILES string of the molecule is O=Cc1ccccc1C1(Br)C=CC(c2ccccc2)=CC1. The second-order valence-corrected chi connectivity index (χ2v) is 6.55. The van der Waals surface area contributed by atoms with Crippen LogP contribution in [-0.2, 0) is 4.32 Å². The van der Waals surface area contributed by atoms with Crippen LogP contribution in [0, 0.1) is 0 Å². The predicted molar refractivity (Wildman–Crippen MR) is 90.6 cm³/mol. The first-order valence-corrected chi connectivity index (χ1v) is 7.71. The molecule has 0 aromatic heterocycles. The molecule has 0 saturated carbocycles. The lowest BCUT2D eigenvalue weighted by atomic mass is 9.86. The normalized spacial score (nSPS) is 20.9. The first-order valence-electron chi connectivity index (χ1n) is 6.91. The Morgan fingerprint density at radius 1 is 1.00 bits per heavy atom. The van der Waals surface area contributed by atoms with Crippen LogP contribution in [0.25, 0.3) is 5.57 Å². The Morgan fingerprint density at radius 2 is 1.71 bits per heavy atom. The van der Waals surface area contributed by atoms with Crippen molar-refractivity contribution in [3.05, 3.63) is 89.5 Å². The lowest BCUT2D eigenvalue weighted by Crippen LogP contribution is -2.18. The second kappa shape index (κ2) is 5.82. The van der Waals surface area contributed by atoms with Gasteiger partial charge in [-0.15, -0.1) is 0 Å². The topological polar surface area (TPSA) is 17.1 Å². The average molecular weight is 339 g/mol. The Labute approximate surface area is 133 Å². The smallest absolute Gasteiger partial charge is 0.150 e. The molecule has 1 atom stereocenters. The molecule has 2 heteroatoms. The number of allylic oxidation sites excluding steroid dienone is 4. The molecule has 0 radical (unpaired) electrons. The fraction of sp³-hybridized carbons (Fsp3) is 0.105. The molecule has 2 aromatic carbocycles. The van der Waals surface area contributed by atoms with Gasteiger partial charge in [0.2, 0.25) is 0 Å². The summed E-state index contributed by atoms with van der Waals surface area (Å²) < 4.78 is -0.303. The van der Waals surface area contributed by atoms with Crippen LogP contribution in [0.1, 0.15) is 27.9 Å². The zero-order chi connectivity index (χ0) is 14.7. The van der Waals surface area contributed by atoms with E-state index in [0.717, 1.165) is 23.8 Å². The van der Waals surface area contributed by atoms with Gasteiger partial charge in [0.1, 0.15) is 6.29 Å². The van der Waals surface area contributed by atoms with E-state index in [-0.39, 0.29) is 4.32 Å².